The van der Waals surface area contributed by atoms with Gasteiger partial charge in [-0.3, -0.25) is 0 Å². The lowest BCUT2D eigenvalue weighted by molar-refractivity contribution is 0.380. The monoisotopic (exact) mass is 533 g/mol. The number of halogens is 2. The van der Waals surface area contributed by atoms with Gasteiger partial charge in [0.15, 0.2) is 11.5 Å². The van der Waals surface area contributed by atoms with Crippen molar-refractivity contribution in [2.45, 2.75) is 68.2 Å². The van der Waals surface area contributed by atoms with E-state index >= 15 is 0 Å². The number of aromatic hydroxyl groups is 2. The zero-order valence-electron chi connectivity index (χ0n) is 19.3. The van der Waals surface area contributed by atoms with E-state index in [9.17, 15) is 18.6 Å². The molecule has 0 fully saturated rings. The van der Waals surface area contributed by atoms with Crippen molar-refractivity contribution in [3.05, 3.63) is 53.1 Å². The molecule has 192 valence electrons. The molecule has 2 aromatic rings. The fourth-order valence-electron chi connectivity index (χ4n) is 4.53. The summed E-state index contributed by atoms with van der Waals surface area (Å²) in [6.45, 7) is 1.80. The second-order valence-electron chi connectivity index (χ2n) is 8.70. The van der Waals surface area contributed by atoms with E-state index in [2.05, 4.69) is 5.32 Å². The Bertz CT molecular complexity index is 1000. The van der Waals surface area contributed by atoms with E-state index in [1.807, 2.05) is 6.07 Å². The number of sulfonamides is 1. The second-order valence-corrected chi connectivity index (χ2v) is 10.3. The predicted octanol–water partition coefficient (Wildman–Crippen LogP) is 3.73. The summed E-state index contributed by atoms with van der Waals surface area (Å²) < 4.78 is 22.6. The van der Waals surface area contributed by atoms with Crippen molar-refractivity contribution in [1.29, 1.82) is 0 Å². The fraction of sp³-hybridized carbons (Fsp3) is 0.500. The molecule has 7 N–H and O–H groups in total. The first kappa shape index (κ1) is 30.5. The standard InChI is InChI=1S/C24H35N3O4S.2ClH/c25-22-12-10-21-19(11-13-23(28)24(21)29)20(22)5-3-1-2-4-15-27-16-14-17-6-8-18(9-7-17)32(26,30)31;;/h6-9,11,13,20,22,27-29H,1-5,10,12,14-16,25H2,(H2,26,30,31);2*1H. The Balaban J connectivity index is 0.00000289. The Kier molecular flexibility index (Phi) is 12.7. The van der Waals surface area contributed by atoms with Crippen molar-refractivity contribution >= 4 is 34.8 Å². The first-order valence-corrected chi connectivity index (χ1v) is 12.9. The second kappa shape index (κ2) is 14.1. The highest BCUT2D eigenvalue weighted by Gasteiger charge is 2.29. The maximum atomic E-state index is 11.3. The van der Waals surface area contributed by atoms with Gasteiger partial charge in [-0.15, -0.1) is 24.8 Å². The molecule has 2 atom stereocenters. The minimum absolute atomic E-state index is 0. The lowest BCUT2D eigenvalue weighted by atomic mass is 9.76. The third-order valence-electron chi connectivity index (χ3n) is 6.40. The minimum Gasteiger partial charge on any atom is -0.504 e. The molecule has 0 bridgehead atoms. The Morgan fingerprint density at radius 3 is 2.29 bits per heavy atom. The normalized spacial score (nSPS) is 17.4. The van der Waals surface area contributed by atoms with Gasteiger partial charge in [0.2, 0.25) is 10.0 Å². The van der Waals surface area contributed by atoms with Gasteiger partial charge in [0.1, 0.15) is 0 Å². The van der Waals surface area contributed by atoms with Crippen molar-refractivity contribution in [2.24, 2.45) is 10.9 Å². The number of rotatable bonds is 11. The van der Waals surface area contributed by atoms with Crippen molar-refractivity contribution in [2.75, 3.05) is 13.1 Å². The van der Waals surface area contributed by atoms with E-state index in [1.54, 1.807) is 30.3 Å². The van der Waals surface area contributed by atoms with Crippen LogP contribution in [0.25, 0.3) is 0 Å². The molecule has 0 saturated heterocycles. The highest BCUT2D eigenvalue weighted by Crippen LogP contribution is 2.42. The van der Waals surface area contributed by atoms with Crippen LogP contribution in [0.2, 0.25) is 0 Å². The van der Waals surface area contributed by atoms with Gasteiger partial charge in [0.05, 0.1) is 4.90 Å². The van der Waals surface area contributed by atoms with Crippen LogP contribution in [0.4, 0.5) is 0 Å². The van der Waals surface area contributed by atoms with Crippen LogP contribution < -0.4 is 16.2 Å². The fourth-order valence-corrected chi connectivity index (χ4v) is 5.05. The van der Waals surface area contributed by atoms with Crippen LogP contribution in [-0.4, -0.2) is 37.8 Å². The molecule has 1 aliphatic rings. The van der Waals surface area contributed by atoms with E-state index < -0.39 is 10.0 Å². The number of phenols is 2. The zero-order valence-corrected chi connectivity index (χ0v) is 21.7. The maximum Gasteiger partial charge on any atom is 0.238 e. The van der Waals surface area contributed by atoms with Gasteiger partial charge in [0.25, 0.3) is 0 Å². The Morgan fingerprint density at radius 1 is 0.941 bits per heavy atom. The lowest BCUT2D eigenvalue weighted by Crippen LogP contribution is -2.33. The quantitative estimate of drug-likeness (QED) is 0.220. The molecule has 0 amide bonds. The summed E-state index contributed by atoms with van der Waals surface area (Å²) in [6, 6.07) is 10.3. The van der Waals surface area contributed by atoms with Crippen molar-refractivity contribution in [3.8, 4) is 11.5 Å². The van der Waals surface area contributed by atoms with E-state index in [4.69, 9.17) is 10.9 Å². The number of hydrogen-bond acceptors (Lipinski definition) is 6. The van der Waals surface area contributed by atoms with Gasteiger partial charge in [0, 0.05) is 11.6 Å². The molecule has 2 unspecified atom stereocenters. The molecule has 0 spiro atoms. The largest absolute Gasteiger partial charge is 0.504 e. The van der Waals surface area contributed by atoms with Crippen molar-refractivity contribution in [3.63, 3.8) is 0 Å². The van der Waals surface area contributed by atoms with E-state index in [0.29, 0.717) is 0 Å². The Morgan fingerprint density at radius 2 is 1.62 bits per heavy atom. The molecule has 10 heteroatoms. The van der Waals surface area contributed by atoms with Gasteiger partial charge in [-0.2, -0.15) is 0 Å². The average Bonchev–Trinajstić information content (AvgIpc) is 2.76. The number of primary sulfonamides is 1. The summed E-state index contributed by atoms with van der Waals surface area (Å²) in [4.78, 5) is 0.141. The van der Waals surface area contributed by atoms with Crippen LogP contribution in [0, 0.1) is 0 Å². The van der Waals surface area contributed by atoms with Gasteiger partial charge >= 0.3 is 0 Å². The van der Waals surface area contributed by atoms with E-state index in [-0.39, 0.29) is 53.2 Å². The van der Waals surface area contributed by atoms with Crippen LogP contribution in [-0.2, 0) is 22.9 Å². The van der Waals surface area contributed by atoms with E-state index in [1.165, 1.54) is 0 Å². The smallest absolute Gasteiger partial charge is 0.238 e. The zero-order chi connectivity index (χ0) is 23.1. The molecule has 0 aliphatic heterocycles. The van der Waals surface area contributed by atoms with Gasteiger partial charge in [-0.1, -0.05) is 37.5 Å². The first-order valence-electron chi connectivity index (χ1n) is 11.4. The Labute approximate surface area is 215 Å². The van der Waals surface area contributed by atoms with Crippen LogP contribution in [0.5, 0.6) is 11.5 Å². The SMILES string of the molecule is Cl.Cl.NC1CCc2c(ccc(O)c2O)C1CCCCCCNCCc1ccc(S(N)(=O)=O)cc1. The maximum absolute atomic E-state index is 11.3. The van der Waals surface area contributed by atoms with Crippen LogP contribution >= 0.6 is 24.8 Å². The number of hydrogen-bond donors (Lipinski definition) is 5. The molecule has 0 aromatic heterocycles. The van der Waals surface area contributed by atoms with Crippen molar-refractivity contribution in [1.82, 2.24) is 5.32 Å². The number of phenolic OH excluding ortho intramolecular Hbond substituents is 2. The average molecular weight is 535 g/mol. The third kappa shape index (κ3) is 8.29. The van der Waals surface area contributed by atoms with Crippen molar-refractivity contribution < 1.29 is 18.6 Å². The minimum atomic E-state index is -3.63. The molecule has 0 saturated carbocycles. The predicted molar refractivity (Wildman–Crippen MR) is 141 cm³/mol. The molecular weight excluding hydrogens is 497 g/mol. The molecule has 3 rings (SSSR count). The highest BCUT2D eigenvalue weighted by atomic mass is 35.5. The van der Waals surface area contributed by atoms with Crippen LogP contribution in [0.1, 0.15) is 61.1 Å². The van der Waals surface area contributed by atoms with Crippen LogP contribution in [0.3, 0.4) is 0 Å². The Hall–Kier alpha value is -1.55. The topological polar surface area (TPSA) is 139 Å². The van der Waals surface area contributed by atoms with E-state index in [0.717, 1.165) is 81.1 Å². The molecular formula is C24H37Cl2N3O4S. The molecule has 34 heavy (non-hydrogen) atoms. The first-order chi connectivity index (χ1) is 15.3. The molecule has 0 heterocycles. The number of nitrogens with one attached hydrogen (secondary N) is 1. The molecule has 0 radical (unpaired) electrons. The molecule has 7 nitrogen and oxygen atoms in total. The summed E-state index contributed by atoms with van der Waals surface area (Å²) >= 11 is 0. The van der Waals surface area contributed by atoms with Gasteiger partial charge in [-0.25, -0.2) is 13.6 Å². The third-order valence-corrected chi connectivity index (χ3v) is 7.33. The lowest BCUT2D eigenvalue weighted by Gasteiger charge is -2.32. The highest BCUT2D eigenvalue weighted by molar-refractivity contribution is 7.89. The van der Waals surface area contributed by atoms with Crippen LogP contribution in [0.15, 0.2) is 41.3 Å². The van der Waals surface area contributed by atoms with Gasteiger partial charge in [-0.05, 0) is 80.4 Å². The summed E-state index contributed by atoms with van der Waals surface area (Å²) in [5.74, 6) is 0.209. The molecule has 2 aromatic carbocycles. The number of unbranched alkanes of at least 4 members (excludes halogenated alkanes) is 3. The summed E-state index contributed by atoms with van der Waals surface area (Å²) in [6.07, 6.45) is 7.87. The summed E-state index contributed by atoms with van der Waals surface area (Å²) in [5, 5.41) is 28.5. The summed E-state index contributed by atoms with van der Waals surface area (Å²) in [7, 11) is -3.63. The number of benzene rings is 2. The number of nitrogens with two attached hydrogens (primary N) is 2. The van der Waals surface area contributed by atoms with Gasteiger partial charge < -0.3 is 21.3 Å². The summed E-state index contributed by atoms with van der Waals surface area (Å²) in [5.41, 5.74) is 9.40. The molecule has 1 aliphatic carbocycles. The number of fused-ring (bicyclic) bond motifs is 1.